The summed E-state index contributed by atoms with van der Waals surface area (Å²) in [6.07, 6.45) is 0.0910. The average Bonchev–Trinajstić information content (AvgIpc) is 2.59. The lowest BCUT2D eigenvalue weighted by Crippen LogP contribution is -2.64. The molecule has 0 aromatic heterocycles. The summed E-state index contributed by atoms with van der Waals surface area (Å²) in [5.41, 5.74) is 6.19. The zero-order valence-corrected chi connectivity index (χ0v) is 17.4. The number of nitrogens with zero attached hydrogens (tertiary/aromatic N) is 2. The second-order valence-corrected chi connectivity index (χ2v) is 8.49. The molecule has 27 heavy (non-hydrogen) atoms. The molecule has 0 bridgehead atoms. The fourth-order valence-electron chi connectivity index (χ4n) is 3.32. The smallest absolute Gasteiger partial charge is 0.254 e. The molecule has 6 heteroatoms. The van der Waals surface area contributed by atoms with Gasteiger partial charge in [0.15, 0.2) is 0 Å². The van der Waals surface area contributed by atoms with Crippen LogP contribution >= 0.6 is 0 Å². The molecule has 1 aliphatic rings. The molecule has 1 aromatic rings. The minimum atomic E-state index is -0.503. The molecule has 1 saturated heterocycles. The van der Waals surface area contributed by atoms with Crippen LogP contribution in [0.25, 0.3) is 0 Å². The highest BCUT2D eigenvalue weighted by atomic mass is 16.5. The molecule has 6 nitrogen and oxygen atoms in total. The van der Waals surface area contributed by atoms with E-state index in [1.165, 1.54) is 0 Å². The van der Waals surface area contributed by atoms with E-state index in [9.17, 15) is 9.59 Å². The third-order valence-electron chi connectivity index (χ3n) is 4.94. The summed E-state index contributed by atoms with van der Waals surface area (Å²) in [6, 6.07) is 6.73. The van der Waals surface area contributed by atoms with Gasteiger partial charge in [-0.1, -0.05) is 13.8 Å². The molecule has 0 radical (unpaired) electrons. The Morgan fingerprint density at radius 1 is 1.07 bits per heavy atom. The number of nitrogens with two attached hydrogens (primary N) is 1. The maximum absolute atomic E-state index is 13.0. The zero-order chi connectivity index (χ0) is 20.4. The molecule has 1 atom stereocenters. The monoisotopic (exact) mass is 375 g/mol. The van der Waals surface area contributed by atoms with E-state index in [4.69, 9.17) is 10.5 Å². The fraction of sp³-hybridized carbons (Fsp3) is 0.619. The molecule has 1 aliphatic heterocycles. The van der Waals surface area contributed by atoms with Crippen LogP contribution in [0.2, 0.25) is 0 Å². The highest BCUT2D eigenvalue weighted by Gasteiger charge is 2.39. The predicted octanol–water partition coefficient (Wildman–Crippen LogP) is 2.52. The third-order valence-corrected chi connectivity index (χ3v) is 4.94. The van der Waals surface area contributed by atoms with Crippen LogP contribution < -0.4 is 10.5 Å². The number of benzene rings is 1. The molecule has 0 saturated carbocycles. The summed E-state index contributed by atoms with van der Waals surface area (Å²) in [4.78, 5) is 29.2. The van der Waals surface area contributed by atoms with Crippen molar-refractivity contribution in [2.45, 2.75) is 59.2 Å². The van der Waals surface area contributed by atoms with Gasteiger partial charge in [0.25, 0.3) is 5.91 Å². The summed E-state index contributed by atoms with van der Waals surface area (Å²) in [5, 5.41) is 0. The Morgan fingerprint density at radius 2 is 1.67 bits per heavy atom. The predicted molar refractivity (Wildman–Crippen MR) is 107 cm³/mol. The maximum atomic E-state index is 13.0. The summed E-state index contributed by atoms with van der Waals surface area (Å²) in [6.45, 7) is 13.3. The lowest BCUT2D eigenvalue weighted by atomic mass is 9.95. The number of hydrogen-bond acceptors (Lipinski definition) is 4. The second kappa shape index (κ2) is 8.30. The lowest BCUT2D eigenvalue weighted by molar-refractivity contribution is -0.137. The van der Waals surface area contributed by atoms with Gasteiger partial charge in [0.2, 0.25) is 5.91 Å². The highest BCUT2D eigenvalue weighted by Crippen LogP contribution is 2.25. The normalized spacial score (nSPS) is 18.0. The Labute approximate surface area is 162 Å². The molecule has 2 amide bonds. The summed E-state index contributed by atoms with van der Waals surface area (Å²) >= 11 is 0. The number of carbonyl (C=O) groups is 2. The molecule has 1 heterocycles. The van der Waals surface area contributed by atoms with Gasteiger partial charge in [0.1, 0.15) is 5.75 Å². The van der Waals surface area contributed by atoms with E-state index in [1.54, 1.807) is 17.0 Å². The number of ether oxygens (including phenoxy) is 1. The van der Waals surface area contributed by atoms with Crippen LogP contribution in [0.15, 0.2) is 24.3 Å². The van der Waals surface area contributed by atoms with Gasteiger partial charge in [-0.15, -0.1) is 0 Å². The second-order valence-electron chi connectivity index (χ2n) is 8.49. The van der Waals surface area contributed by atoms with Crippen LogP contribution in [0, 0.1) is 5.92 Å². The topological polar surface area (TPSA) is 75.9 Å². The van der Waals surface area contributed by atoms with Crippen molar-refractivity contribution >= 4 is 11.8 Å². The van der Waals surface area contributed by atoms with E-state index >= 15 is 0 Å². The molecular formula is C21H33N3O3. The summed E-state index contributed by atoms with van der Waals surface area (Å²) < 4.78 is 5.64. The highest BCUT2D eigenvalue weighted by molar-refractivity contribution is 5.95. The van der Waals surface area contributed by atoms with Crippen molar-refractivity contribution in [2.75, 3.05) is 19.6 Å². The van der Waals surface area contributed by atoms with Crippen molar-refractivity contribution in [3.05, 3.63) is 29.8 Å². The SMILES string of the molecule is CC(C)Oc1ccc(C(=O)N2CCN(C(=O)[C@@H](N)C(C)C)CC2(C)C)cc1. The van der Waals surface area contributed by atoms with E-state index in [0.29, 0.717) is 25.2 Å². The summed E-state index contributed by atoms with van der Waals surface area (Å²) in [5.74, 6) is 0.766. The van der Waals surface area contributed by atoms with Crippen molar-refractivity contribution in [3.8, 4) is 5.75 Å². The van der Waals surface area contributed by atoms with Gasteiger partial charge in [-0.25, -0.2) is 0 Å². The van der Waals surface area contributed by atoms with Gasteiger partial charge >= 0.3 is 0 Å². The van der Waals surface area contributed by atoms with Gasteiger partial charge < -0.3 is 20.3 Å². The first-order chi connectivity index (χ1) is 12.5. The van der Waals surface area contributed by atoms with Crippen LogP contribution in [0.5, 0.6) is 5.75 Å². The van der Waals surface area contributed by atoms with Crippen LogP contribution in [0.1, 0.15) is 51.9 Å². The minimum absolute atomic E-state index is 0.0312. The number of piperazine rings is 1. The van der Waals surface area contributed by atoms with E-state index in [0.717, 1.165) is 5.75 Å². The van der Waals surface area contributed by atoms with Crippen LogP contribution in [0.3, 0.4) is 0 Å². The van der Waals surface area contributed by atoms with E-state index < -0.39 is 11.6 Å². The first-order valence-corrected chi connectivity index (χ1v) is 9.66. The molecule has 150 valence electrons. The minimum Gasteiger partial charge on any atom is -0.491 e. The Balaban J connectivity index is 2.09. The van der Waals surface area contributed by atoms with Crippen molar-refractivity contribution in [3.63, 3.8) is 0 Å². The lowest BCUT2D eigenvalue weighted by Gasteiger charge is -2.47. The molecule has 2 N–H and O–H groups in total. The average molecular weight is 376 g/mol. The Hall–Kier alpha value is -2.08. The first-order valence-electron chi connectivity index (χ1n) is 9.66. The van der Waals surface area contributed by atoms with Crippen molar-refractivity contribution in [2.24, 2.45) is 11.7 Å². The molecule has 0 spiro atoms. The molecule has 2 rings (SSSR count). The first kappa shape index (κ1) is 21.2. The Bertz CT molecular complexity index is 668. The van der Waals surface area contributed by atoms with Gasteiger partial charge in [-0.3, -0.25) is 9.59 Å². The number of carbonyl (C=O) groups excluding carboxylic acids is 2. The van der Waals surface area contributed by atoms with Crippen LogP contribution in [-0.4, -0.2) is 58.9 Å². The van der Waals surface area contributed by atoms with E-state index in [1.807, 2.05) is 58.6 Å². The van der Waals surface area contributed by atoms with Gasteiger partial charge in [0.05, 0.1) is 17.7 Å². The number of hydrogen-bond donors (Lipinski definition) is 1. The molecule has 1 fully saturated rings. The van der Waals surface area contributed by atoms with Crippen molar-refractivity contribution < 1.29 is 14.3 Å². The molecule has 1 aromatic carbocycles. The van der Waals surface area contributed by atoms with E-state index in [-0.39, 0.29) is 23.8 Å². The molecular weight excluding hydrogens is 342 g/mol. The maximum Gasteiger partial charge on any atom is 0.254 e. The molecule has 0 aliphatic carbocycles. The van der Waals surface area contributed by atoms with Gasteiger partial charge in [-0.05, 0) is 57.9 Å². The fourth-order valence-corrected chi connectivity index (χ4v) is 3.32. The molecule has 0 unspecified atom stereocenters. The Kier molecular flexibility index (Phi) is 6.52. The largest absolute Gasteiger partial charge is 0.491 e. The van der Waals surface area contributed by atoms with Crippen LogP contribution in [0.4, 0.5) is 0 Å². The summed E-state index contributed by atoms with van der Waals surface area (Å²) in [7, 11) is 0. The number of rotatable bonds is 5. The van der Waals surface area contributed by atoms with Gasteiger partial charge in [0, 0.05) is 25.2 Å². The van der Waals surface area contributed by atoms with Crippen molar-refractivity contribution in [1.29, 1.82) is 0 Å². The standard InChI is InChI=1S/C21H33N3O3/c1-14(2)18(22)20(26)23-11-12-24(21(5,6)13-23)19(25)16-7-9-17(10-8-16)27-15(3)4/h7-10,14-15,18H,11-13,22H2,1-6H3/t18-/m0/s1. The Morgan fingerprint density at radius 3 is 2.15 bits per heavy atom. The zero-order valence-electron chi connectivity index (χ0n) is 17.4. The number of amides is 2. The van der Waals surface area contributed by atoms with Crippen molar-refractivity contribution in [1.82, 2.24) is 9.80 Å². The van der Waals surface area contributed by atoms with Crippen LogP contribution in [-0.2, 0) is 4.79 Å². The van der Waals surface area contributed by atoms with E-state index in [2.05, 4.69) is 0 Å². The third kappa shape index (κ3) is 5.01. The van der Waals surface area contributed by atoms with Gasteiger partial charge in [-0.2, -0.15) is 0 Å². The quantitative estimate of drug-likeness (QED) is 0.858.